The van der Waals surface area contributed by atoms with Gasteiger partial charge in [0.1, 0.15) is 0 Å². The van der Waals surface area contributed by atoms with Crippen LogP contribution in [0.1, 0.15) is 32.6 Å². The predicted octanol–water partition coefficient (Wildman–Crippen LogP) is 1.15. The Labute approximate surface area is 80.7 Å². The number of nitrogens with one attached hydrogen (secondary N) is 1. The Kier molecular flexibility index (Phi) is 4.27. The number of aliphatic hydroxyl groups is 1. The first-order chi connectivity index (χ1) is 6.24. The fourth-order valence-corrected chi connectivity index (χ4v) is 1.81. The van der Waals surface area contributed by atoms with E-state index in [0.717, 1.165) is 19.4 Å². The number of hydrogen-bond acceptors (Lipinski definition) is 2. The second-order valence-corrected chi connectivity index (χ2v) is 3.91. The summed E-state index contributed by atoms with van der Waals surface area (Å²) in [6.45, 7) is 2.82. The van der Waals surface area contributed by atoms with E-state index in [9.17, 15) is 5.11 Å². The Bertz CT molecular complexity index is 185. The third-order valence-electron chi connectivity index (χ3n) is 2.81. The average Bonchev–Trinajstić information content (AvgIpc) is 2.16. The summed E-state index contributed by atoms with van der Waals surface area (Å²) in [5.74, 6) is 3.03. The molecule has 1 aliphatic rings. The van der Waals surface area contributed by atoms with Crippen molar-refractivity contribution in [1.82, 2.24) is 5.32 Å². The van der Waals surface area contributed by atoms with Crippen LogP contribution in [0.15, 0.2) is 0 Å². The maximum absolute atomic E-state index is 9.66. The van der Waals surface area contributed by atoms with Gasteiger partial charge in [-0.05, 0) is 25.7 Å². The van der Waals surface area contributed by atoms with Gasteiger partial charge in [-0.1, -0.05) is 18.8 Å². The van der Waals surface area contributed by atoms with E-state index in [-0.39, 0.29) is 12.1 Å². The third kappa shape index (κ3) is 3.38. The summed E-state index contributed by atoms with van der Waals surface area (Å²) in [5, 5.41) is 12.9. The molecule has 0 radical (unpaired) electrons. The molecule has 0 aliphatic heterocycles. The van der Waals surface area contributed by atoms with E-state index >= 15 is 0 Å². The van der Waals surface area contributed by atoms with E-state index in [1.54, 1.807) is 0 Å². The number of rotatable bonds is 3. The molecule has 0 aromatic heterocycles. The lowest BCUT2D eigenvalue weighted by molar-refractivity contribution is 0.0692. The predicted molar refractivity (Wildman–Crippen MR) is 54.3 cm³/mol. The molecule has 1 aliphatic carbocycles. The molecule has 0 saturated heterocycles. The van der Waals surface area contributed by atoms with Gasteiger partial charge >= 0.3 is 0 Å². The lowest BCUT2D eigenvalue weighted by Gasteiger charge is -2.28. The van der Waals surface area contributed by atoms with Crippen LogP contribution in [0.25, 0.3) is 0 Å². The van der Waals surface area contributed by atoms with Crippen LogP contribution in [-0.4, -0.2) is 23.8 Å². The maximum atomic E-state index is 9.66. The maximum Gasteiger partial charge on any atom is 0.0658 e. The number of terminal acetylenes is 1. The van der Waals surface area contributed by atoms with Crippen LogP contribution in [0.2, 0.25) is 0 Å². The Balaban J connectivity index is 2.23. The van der Waals surface area contributed by atoms with Crippen LogP contribution in [0.5, 0.6) is 0 Å². The van der Waals surface area contributed by atoms with Crippen LogP contribution in [0.3, 0.4) is 0 Å². The van der Waals surface area contributed by atoms with Crippen LogP contribution in [-0.2, 0) is 0 Å². The van der Waals surface area contributed by atoms with E-state index in [2.05, 4.69) is 11.2 Å². The molecule has 2 N–H and O–H groups in total. The molecule has 2 heteroatoms. The molecule has 74 valence electrons. The Hall–Kier alpha value is -0.520. The van der Waals surface area contributed by atoms with Crippen molar-refractivity contribution in [1.29, 1.82) is 0 Å². The normalized spacial score (nSPS) is 30.8. The first-order valence-corrected chi connectivity index (χ1v) is 5.11. The second-order valence-electron chi connectivity index (χ2n) is 3.91. The van der Waals surface area contributed by atoms with Crippen LogP contribution in [0.4, 0.5) is 0 Å². The molecule has 0 amide bonds. The summed E-state index contributed by atoms with van der Waals surface area (Å²) < 4.78 is 0. The molecule has 0 aromatic rings. The van der Waals surface area contributed by atoms with Crippen molar-refractivity contribution in [2.75, 3.05) is 6.54 Å². The highest BCUT2D eigenvalue weighted by atomic mass is 16.3. The Morgan fingerprint density at radius 3 is 2.85 bits per heavy atom. The molecule has 0 spiro atoms. The average molecular weight is 181 g/mol. The summed E-state index contributed by atoms with van der Waals surface area (Å²) in [6.07, 6.45) is 9.63. The van der Waals surface area contributed by atoms with E-state index in [4.69, 9.17) is 6.42 Å². The summed E-state index contributed by atoms with van der Waals surface area (Å²) >= 11 is 0. The topological polar surface area (TPSA) is 32.3 Å². The minimum atomic E-state index is -0.119. The van der Waals surface area contributed by atoms with Crippen molar-refractivity contribution in [3.63, 3.8) is 0 Å². The van der Waals surface area contributed by atoms with Gasteiger partial charge in [-0.25, -0.2) is 0 Å². The first-order valence-electron chi connectivity index (χ1n) is 5.11. The van der Waals surface area contributed by atoms with Gasteiger partial charge in [-0.3, -0.25) is 0 Å². The molecule has 1 rings (SSSR count). The monoisotopic (exact) mass is 181 g/mol. The zero-order valence-electron chi connectivity index (χ0n) is 8.29. The van der Waals surface area contributed by atoms with Crippen molar-refractivity contribution >= 4 is 0 Å². The highest BCUT2D eigenvalue weighted by Gasteiger charge is 2.22. The highest BCUT2D eigenvalue weighted by molar-refractivity contribution is 4.96. The second kappa shape index (κ2) is 5.26. The Morgan fingerprint density at radius 1 is 1.54 bits per heavy atom. The van der Waals surface area contributed by atoms with Gasteiger partial charge < -0.3 is 10.4 Å². The van der Waals surface area contributed by atoms with Crippen molar-refractivity contribution in [3.05, 3.63) is 0 Å². The SMILES string of the molecule is C#CC(C)NCC1CCCCC1O. The zero-order chi connectivity index (χ0) is 9.68. The van der Waals surface area contributed by atoms with Crippen molar-refractivity contribution in [2.24, 2.45) is 5.92 Å². The third-order valence-corrected chi connectivity index (χ3v) is 2.81. The molecule has 3 atom stereocenters. The standard InChI is InChI=1S/C11H19NO/c1-3-9(2)12-8-10-6-4-5-7-11(10)13/h1,9-13H,4-8H2,2H3. The van der Waals surface area contributed by atoms with Gasteiger partial charge in [0.25, 0.3) is 0 Å². The van der Waals surface area contributed by atoms with Crippen LogP contribution < -0.4 is 5.32 Å². The molecule has 1 saturated carbocycles. The quantitative estimate of drug-likeness (QED) is 0.640. The molecular formula is C11H19NO. The van der Waals surface area contributed by atoms with Gasteiger partial charge in [-0.2, -0.15) is 0 Å². The molecule has 13 heavy (non-hydrogen) atoms. The number of hydrogen-bond donors (Lipinski definition) is 2. The molecule has 0 aromatic carbocycles. The van der Waals surface area contributed by atoms with Gasteiger partial charge in [0.2, 0.25) is 0 Å². The Morgan fingerprint density at radius 2 is 2.23 bits per heavy atom. The van der Waals surface area contributed by atoms with Gasteiger partial charge in [0, 0.05) is 6.54 Å². The summed E-state index contributed by atoms with van der Waals surface area (Å²) in [6, 6.07) is 0.120. The largest absolute Gasteiger partial charge is 0.393 e. The lowest BCUT2D eigenvalue weighted by Crippen LogP contribution is -2.37. The molecule has 3 unspecified atom stereocenters. The van der Waals surface area contributed by atoms with Crippen molar-refractivity contribution in [2.45, 2.75) is 44.8 Å². The van der Waals surface area contributed by atoms with Gasteiger partial charge in [0.15, 0.2) is 0 Å². The first kappa shape index (κ1) is 10.6. The molecule has 0 heterocycles. The number of aliphatic hydroxyl groups excluding tert-OH is 1. The minimum absolute atomic E-state index is 0.119. The van der Waals surface area contributed by atoms with E-state index in [1.165, 1.54) is 12.8 Å². The van der Waals surface area contributed by atoms with E-state index in [0.29, 0.717) is 5.92 Å². The van der Waals surface area contributed by atoms with Crippen molar-refractivity contribution in [3.8, 4) is 12.3 Å². The smallest absolute Gasteiger partial charge is 0.0658 e. The molecule has 0 bridgehead atoms. The zero-order valence-corrected chi connectivity index (χ0v) is 8.29. The lowest BCUT2D eigenvalue weighted by atomic mass is 9.86. The van der Waals surface area contributed by atoms with Crippen molar-refractivity contribution < 1.29 is 5.11 Å². The fraction of sp³-hybridized carbons (Fsp3) is 0.818. The summed E-state index contributed by atoms with van der Waals surface area (Å²) in [7, 11) is 0. The van der Waals surface area contributed by atoms with E-state index in [1.807, 2.05) is 6.92 Å². The fourth-order valence-electron chi connectivity index (χ4n) is 1.81. The summed E-state index contributed by atoms with van der Waals surface area (Å²) in [4.78, 5) is 0. The highest BCUT2D eigenvalue weighted by Crippen LogP contribution is 2.23. The summed E-state index contributed by atoms with van der Waals surface area (Å²) in [5.41, 5.74) is 0. The van der Waals surface area contributed by atoms with E-state index < -0.39 is 0 Å². The van der Waals surface area contributed by atoms with Crippen LogP contribution in [0, 0.1) is 18.3 Å². The van der Waals surface area contributed by atoms with Crippen LogP contribution >= 0.6 is 0 Å². The van der Waals surface area contributed by atoms with Gasteiger partial charge in [0.05, 0.1) is 12.1 Å². The van der Waals surface area contributed by atoms with Gasteiger partial charge in [-0.15, -0.1) is 6.42 Å². The minimum Gasteiger partial charge on any atom is -0.393 e. The molecular weight excluding hydrogens is 162 g/mol. The molecule has 1 fully saturated rings. The molecule has 2 nitrogen and oxygen atoms in total.